The quantitative estimate of drug-likeness (QED) is 0.662. The maximum absolute atomic E-state index is 13.4. The molecule has 0 aliphatic carbocycles. The molecule has 0 radical (unpaired) electrons. The number of ether oxygens (including phenoxy) is 2. The molecular weight excluding hydrogens is 391 g/mol. The van der Waals surface area contributed by atoms with Crippen molar-refractivity contribution in [1.29, 1.82) is 0 Å². The fourth-order valence-corrected chi connectivity index (χ4v) is 3.35. The fourth-order valence-electron chi connectivity index (χ4n) is 1.90. The maximum atomic E-state index is 13.4. The lowest BCUT2D eigenvalue weighted by atomic mass is 10.0. The number of benzene rings is 2. The summed E-state index contributed by atoms with van der Waals surface area (Å²) in [4.78, 5) is -0.146. The van der Waals surface area contributed by atoms with Crippen molar-refractivity contribution in [2.75, 3.05) is 14.2 Å². The maximum Gasteiger partial charge on any atom is 0.161 e. The molecule has 5 heteroatoms. The molecule has 0 N–H and O–H groups in total. The Morgan fingerprint density at radius 1 is 1.00 bits per heavy atom. The Bertz CT molecular complexity index is 617. The zero-order chi connectivity index (χ0) is 14.7. The van der Waals surface area contributed by atoms with E-state index in [1.807, 2.05) is 18.2 Å². The Kier molecular flexibility index (Phi) is 5.05. The summed E-state index contributed by atoms with van der Waals surface area (Å²) in [7, 11) is 3.18. The van der Waals surface area contributed by atoms with Crippen LogP contribution in [-0.4, -0.2) is 14.2 Å². The highest BCUT2D eigenvalue weighted by atomic mass is 79.9. The number of hydrogen-bond donors (Lipinski definition) is 0. The SMILES string of the molecule is COc1ccc(C(Br)c2cc(F)ccc2Br)cc1OC. The minimum absolute atomic E-state index is 0.146. The molecule has 0 fully saturated rings. The van der Waals surface area contributed by atoms with Gasteiger partial charge in [-0.15, -0.1) is 0 Å². The molecule has 0 spiro atoms. The van der Waals surface area contributed by atoms with E-state index in [4.69, 9.17) is 9.47 Å². The normalized spacial score (nSPS) is 12.1. The van der Waals surface area contributed by atoms with Crippen molar-refractivity contribution in [3.63, 3.8) is 0 Å². The Labute approximate surface area is 134 Å². The summed E-state index contributed by atoms with van der Waals surface area (Å²) < 4.78 is 24.7. The molecule has 1 atom stereocenters. The molecule has 0 aliphatic heterocycles. The van der Waals surface area contributed by atoms with Gasteiger partial charge >= 0.3 is 0 Å². The molecule has 20 heavy (non-hydrogen) atoms. The van der Waals surface area contributed by atoms with E-state index in [1.165, 1.54) is 12.1 Å². The lowest BCUT2D eigenvalue weighted by Gasteiger charge is -2.15. The van der Waals surface area contributed by atoms with Crippen molar-refractivity contribution < 1.29 is 13.9 Å². The number of alkyl halides is 1. The largest absolute Gasteiger partial charge is 0.493 e. The Morgan fingerprint density at radius 2 is 1.70 bits per heavy atom. The Balaban J connectivity index is 2.42. The lowest BCUT2D eigenvalue weighted by molar-refractivity contribution is 0.354. The van der Waals surface area contributed by atoms with E-state index in [0.717, 1.165) is 15.6 Å². The second kappa shape index (κ2) is 6.59. The predicted octanol–water partition coefficient (Wildman–Crippen LogP) is 5.09. The average Bonchev–Trinajstić information content (AvgIpc) is 2.48. The summed E-state index contributed by atoms with van der Waals surface area (Å²) in [5, 5.41) is 0. The van der Waals surface area contributed by atoms with E-state index in [2.05, 4.69) is 31.9 Å². The van der Waals surface area contributed by atoms with Crippen LogP contribution in [0, 0.1) is 5.82 Å². The standard InChI is InChI=1S/C15H13Br2FO2/c1-19-13-6-3-9(7-14(13)20-2)15(17)11-8-10(18)4-5-12(11)16/h3-8,15H,1-2H3. The van der Waals surface area contributed by atoms with Crippen LogP contribution in [0.3, 0.4) is 0 Å². The van der Waals surface area contributed by atoms with E-state index < -0.39 is 0 Å². The van der Waals surface area contributed by atoms with E-state index in [0.29, 0.717) is 11.5 Å². The summed E-state index contributed by atoms with van der Waals surface area (Å²) in [6.07, 6.45) is 0. The van der Waals surface area contributed by atoms with Crippen LogP contribution in [0.4, 0.5) is 4.39 Å². The van der Waals surface area contributed by atoms with Gasteiger partial charge in [-0.25, -0.2) is 4.39 Å². The van der Waals surface area contributed by atoms with Crippen LogP contribution in [-0.2, 0) is 0 Å². The third-order valence-corrected chi connectivity index (χ3v) is 4.68. The molecule has 0 saturated heterocycles. The first-order valence-electron chi connectivity index (χ1n) is 5.87. The topological polar surface area (TPSA) is 18.5 Å². The van der Waals surface area contributed by atoms with Crippen LogP contribution >= 0.6 is 31.9 Å². The van der Waals surface area contributed by atoms with Gasteiger partial charge in [-0.3, -0.25) is 0 Å². The Morgan fingerprint density at radius 3 is 2.35 bits per heavy atom. The van der Waals surface area contributed by atoms with Gasteiger partial charge in [0.2, 0.25) is 0 Å². The van der Waals surface area contributed by atoms with E-state index in [-0.39, 0.29) is 10.6 Å². The fraction of sp³-hybridized carbons (Fsp3) is 0.200. The molecule has 2 nitrogen and oxygen atoms in total. The van der Waals surface area contributed by atoms with E-state index in [9.17, 15) is 4.39 Å². The number of hydrogen-bond acceptors (Lipinski definition) is 2. The molecule has 2 rings (SSSR count). The summed E-state index contributed by atoms with van der Waals surface area (Å²) in [6.45, 7) is 0. The zero-order valence-corrected chi connectivity index (χ0v) is 14.2. The number of rotatable bonds is 4. The Hall–Kier alpha value is -1.07. The summed E-state index contributed by atoms with van der Waals surface area (Å²) >= 11 is 7.04. The van der Waals surface area contributed by atoms with Crippen molar-refractivity contribution in [1.82, 2.24) is 0 Å². The van der Waals surface area contributed by atoms with Crippen LogP contribution in [0.15, 0.2) is 40.9 Å². The van der Waals surface area contributed by atoms with Crippen molar-refractivity contribution in [2.45, 2.75) is 4.83 Å². The third kappa shape index (κ3) is 3.15. The molecule has 0 aliphatic rings. The first-order valence-corrected chi connectivity index (χ1v) is 7.58. The molecule has 0 aromatic heterocycles. The molecule has 2 aromatic carbocycles. The van der Waals surface area contributed by atoms with Gasteiger partial charge in [-0.1, -0.05) is 37.9 Å². The van der Waals surface area contributed by atoms with Crippen LogP contribution in [0.2, 0.25) is 0 Å². The minimum Gasteiger partial charge on any atom is -0.493 e. The highest BCUT2D eigenvalue weighted by Crippen LogP contribution is 2.39. The summed E-state index contributed by atoms with van der Waals surface area (Å²) in [6, 6.07) is 10.2. The highest BCUT2D eigenvalue weighted by Gasteiger charge is 2.16. The first kappa shape index (κ1) is 15.3. The molecule has 0 saturated carbocycles. The highest BCUT2D eigenvalue weighted by molar-refractivity contribution is 9.11. The van der Waals surface area contributed by atoms with Crippen molar-refractivity contribution in [3.05, 3.63) is 57.8 Å². The van der Waals surface area contributed by atoms with Crippen LogP contribution in [0.5, 0.6) is 11.5 Å². The van der Waals surface area contributed by atoms with E-state index >= 15 is 0 Å². The van der Waals surface area contributed by atoms with Crippen LogP contribution in [0.25, 0.3) is 0 Å². The van der Waals surface area contributed by atoms with Crippen LogP contribution < -0.4 is 9.47 Å². The average molecular weight is 404 g/mol. The smallest absolute Gasteiger partial charge is 0.161 e. The molecular formula is C15H13Br2FO2. The monoisotopic (exact) mass is 402 g/mol. The summed E-state index contributed by atoms with van der Waals surface area (Å²) in [5.74, 6) is 1.03. The van der Waals surface area contributed by atoms with Gasteiger partial charge in [0.15, 0.2) is 11.5 Å². The predicted molar refractivity (Wildman–Crippen MR) is 84.4 cm³/mol. The second-order valence-electron chi connectivity index (χ2n) is 4.14. The van der Waals surface area contributed by atoms with Gasteiger partial charge < -0.3 is 9.47 Å². The van der Waals surface area contributed by atoms with Gasteiger partial charge in [0, 0.05) is 4.47 Å². The molecule has 106 valence electrons. The second-order valence-corrected chi connectivity index (χ2v) is 5.91. The van der Waals surface area contributed by atoms with Gasteiger partial charge in [-0.2, -0.15) is 0 Å². The van der Waals surface area contributed by atoms with Crippen molar-refractivity contribution in [3.8, 4) is 11.5 Å². The number of halogens is 3. The van der Waals surface area contributed by atoms with E-state index in [1.54, 1.807) is 20.3 Å². The van der Waals surface area contributed by atoms with Gasteiger partial charge in [0.05, 0.1) is 19.0 Å². The molecule has 0 heterocycles. The third-order valence-electron chi connectivity index (χ3n) is 2.93. The lowest BCUT2D eigenvalue weighted by Crippen LogP contribution is -1.97. The molecule has 0 amide bonds. The van der Waals surface area contributed by atoms with Crippen LogP contribution in [0.1, 0.15) is 16.0 Å². The zero-order valence-electron chi connectivity index (χ0n) is 11.0. The van der Waals surface area contributed by atoms with Gasteiger partial charge in [-0.05, 0) is 41.5 Å². The van der Waals surface area contributed by atoms with Gasteiger partial charge in [0.25, 0.3) is 0 Å². The van der Waals surface area contributed by atoms with Gasteiger partial charge in [0.1, 0.15) is 5.82 Å². The van der Waals surface area contributed by atoms with Crippen molar-refractivity contribution in [2.24, 2.45) is 0 Å². The molecule has 2 aromatic rings. The van der Waals surface area contributed by atoms with Crippen molar-refractivity contribution >= 4 is 31.9 Å². The molecule has 1 unspecified atom stereocenters. The minimum atomic E-state index is -0.270. The summed E-state index contributed by atoms with van der Waals surface area (Å²) in [5.41, 5.74) is 1.77. The number of methoxy groups -OCH3 is 2. The first-order chi connectivity index (χ1) is 9.56. The molecule has 0 bridgehead atoms.